The Morgan fingerprint density at radius 1 is 1.57 bits per heavy atom. The second-order valence-corrected chi connectivity index (χ2v) is 1.21. The molecule has 0 aromatic rings. The maximum atomic E-state index is 3.66. The molecule has 7 heavy (non-hydrogen) atoms. The van der Waals surface area contributed by atoms with Gasteiger partial charge < -0.3 is 13.0 Å². The first-order valence-electron chi connectivity index (χ1n) is 2.21. The summed E-state index contributed by atoms with van der Waals surface area (Å²) in [6.45, 7) is 7.10. The second-order valence-electron chi connectivity index (χ2n) is 1.21. The zero-order valence-corrected chi connectivity index (χ0v) is 5.91. The van der Waals surface area contributed by atoms with Gasteiger partial charge >= 0.3 is 20.4 Å². The van der Waals surface area contributed by atoms with Gasteiger partial charge in [0.25, 0.3) is 0 Å². The monoisotopic (exact) mass is 188 g/mol. The Bertz CT molecular complexity index is 33.2. The molecule has 1 heteroatoms. The molecular weight excluding hydrogens is 178 g/mol. The molecule has 0 nitrogen and oxygen atoms in total. The summed E-state index contributed by atoms with van der Waals surface area (Å²) in [6, 6.07) is 0. The van der Waals surface area contributed by atoms with Crippen molar-refractivity contribution in [2.75, 3.05) is 0 Å². The molecule has 0 atom stereocenters. The van der Waals surface area contributed by atoms with E-state index >= 15 is 0 Å². The number of unbranched alkanes of at least 4 members (excludes halogenated alkanes) is 2. The second kappa shape index (κ2) is 9.64. The van der Waals surface area contributed by atoms with Gasteiger partial charge in [-0.05, 0) is 0 Å². The Labute approximate surface area is 59.7 Å². The summed E-state index contributed by atoms with van der Waals surface area (Å²) in [5.41, 5.74) is 0. The number of rotatable bonds is 3. The third-order valence-electron chi connectivity index (χ3n) is 0.604. The van der Waals surface area contributed by atoms with Crippen LogP contribution in [0, 0.1) is 13.0 Å². The quantitative estimate of drug-likeness (QED) is 0.361. The van der Waals surface area contributed by atoms with Gasteiger partial charge in [-0.25, -0.2) is 0 Å². The van der Waals surface area contributed by atoms with Crippen molar-refractivity contribution >= 4 is 0 Å². The molecule has 0 N–H and O–H groups in total. The Balaban J connectivity index is 0. The van der Waals surface area contributed by atoms with Gasteiger partial charge in [-0.15, -0.1) is 6.42 Å². The topological polar surface area (TPSA) is 0 Å². The van der Waals surface area contributed by atoms with Crippen molar-refractivity contribution in [1.82, 2.24) is 0 Å². The zero-order chi connectivity index (χ0) is 4.83. The van der Waals surface area contributed by atoms with Crippen LogP contribution in [0.5, 0.6) is 0 Å². The van der Waals surface area contributed by atoms with Crippen molar-refractivity contribution in [2.45, 2.75) is 19.3 Å². The van der Waals surface area contributed by atoms with Gasteiger partial charge in [0.05, 0.1) is 0 Å². The van der Waals surface area contributed by atoms with E-state index < -0.39 is 0 Å². The first-order valence-corrected chi connectivity index (χ1v) is 2.21. The first kappa shape index (κ1) is 10.4. The molecule has 0 unspecified atom stereocenters. The van der Waals surface area contributed by atoms with Gasteiger partial charge in [-0.3, -0.25) is 6.58 Å². The van der Waals surface area contributed by atoms with Crippen LogP contribution >= 0.6 is 0 Å². The van der Waals surface area contributed by atoms with Crippen molar-refractivity contribution in [3.63, 3.8) is 0 Å². The average Bonchev–Trinajstić information content (AvgIpc) is 1.61. The van der Waals surface area contributed by atoms with E-state index in [9.17, 15) is 0 Å². The molecule has 0 aromatic carbocycles. The summed E-state index contributed by atoms with van der Waals surface area (Å²) in [5.74, 6) is 0. The minimum Gasteiger partial charge on any atom is -0.504 e. The van der Waals surface area contributed by atoms with Gasteiger partial charge in [0, 0.05) is 0 Å². The van der Waals surface area contributed by atoms with E-state index in [0.29, 0.717) is 0 Å². The van der Waals surface area contributed by atoms with Crippen LogP contribution in [-0.4, -0.2) is 0 Å². The molecule has 0 aliphatic rings. The third-order valence-corrected chi connectivity index (χ3v) is 0.604. The summed E-state index contributed by atoms with van der Waals surface area (Å²) in [4.78, 5) is 0. The van der Waals surface area contributed by atoms with Crippen LogP contribution in [-0.2, 0) is 20.4 Å². The minimum atomic E-state index is 0. The van der Waals surface area contributed by atoms with Gasteiger partial charge in [0.2, 0.25) is 0 Å². The molecule has 44 valence electrons. The molecule has 0 fully saturated rings. The van der Waals surface area contributed by atoms with Crippen molar-refractivity contribution in [1.29, 1.82) is 0 Å². The van der Waals surface area contributed by atoms with Crippen molar-refractivity contribution in [3.05, 3.63) is 19.6 Å². The Kier molecular flexibility index (Phi) is 14.3. The van der Waals surface area contributed by atoms with Crippen molar-refractivity contribution < 1.29 is 20.4 Å². The van der Waals surface area contributed by atoms with Crippen LogP contribution in [0.2, 0.25) is 0 Å². The van der Waals surface area contributed by atoms with Crippen LogP contribution in [0.3, 0.4) is 0 Å². The number of hydrogen-bond donors (Lipinski definition) is 0. The van der Waals surface area contributed by atoms with Crippen molar-refractivity contribution in [2.24, 2.45) is 0 Å². The fourth-order valence-electron chi connectivity index (χ4n) is 0.250. The third kappa shape index (κ3) is 10.7. The minimum absolute atomic E-state index is 0. The average molecular weight is 189 g/mol. The predicted octanol–water partition coefficient (Wildman–Crippen LogP) is 1.98. The van der Waals surface area contributed by atoms with Gasteiger partial charge in [-0.2, -0.15) is 12.8 Å². The van der Waals surface area contributed by atoms with E-state index in [4.69, 9.17) is 0 Å². The van der Waals surface area contributed by atoms with Crippen LogP contribution < -0.4 is 0 Å². The van der Waals surface area contributed by atoms with Gasteiger partial charge in [-0.1, -0.05) is 0 Å². The molecule has 0 saturated carbocycles. The molecule has 0 aliphatic heterocycles. The molecule has 0 saturated heterocycles. The summed E-state index contributed by atoms with van der Waals surface area (Å²) >= 11 is 0. The predicted molar refractivity (Wildman–Crippen MR) is 28.1 cm³/mol. The van der Waals surface area contributed by atoms with E-state index in [2.05, 4.69) is 19.6 Å². The molecule has 0 heterocycles. The summed E-state index contributed by atoms with van der Waals surface area (Å²) in [6.07, 6.45) is 5.90. The van der Waals surface area contributed by atoms with E-state index in [0.717, 1.165) is 19.3 Å². The molecular formula is C6H10Pd. The molecule has 0 bridgehead atoms. The standard InChI is InChI=1S/C6H10.Pd/c1-3-5-6-4-2;/h1-3,5-6H2;/q-2;+2. The number of hydrogen-bond acceptors (Lipinski definition) is 0. The largest absolute Gasteiger partial charge is 2.00 e. The molecule has 0 amide bonds. The molecule has 0 spiro atoms. The zero-order valence-electron chi connectivity index (χ0n) is 4.35. The first-order chi connectivity index (χ1) is 2.91. The normalized spacial score (nSPS) is 7.00. The summed E-state index contributed by atoms with van der Waals surface area (Å²) in [5, 5.41) is 0. The summed E-state index contributed by atoms with van der Waals surface area (Å²) < 4.78 is 0. The maximum Gasteiger partial charge on any atom is 2.00 e. The Hall–Kier alpha value is 0.402. The van der Waals surface area contributed by atoms with E-state index in [1.54, 1.807) is 0 Å². The summed E-state index contributed by atoms with van der Waals surface area (Å²) in [7, 11) is 0. The van der Waals surface area contributed by atoms with E-state index in [1.165, 1.54) is 0 Å². The Morgan fingerprint density at radius 3 is 2.29 bits per heavy atom. The van der Waals surface area contributed by atoms with Crippen LogP contribution in [0.4, 0.5) is 0 Å². The van der Waals surface area contributed by atoms with Crippen molar-refractivity contribution in [3.8, 4) is 0 Å². The Morgan fingerprint density at radius 2 is 2.14 bits per heavy atom. The van der Waals surface area contributed by atoms with Gasteiger partial charge in [0.15, 0.2) is 0 Å². The molecule has 0 aromatic heterocycles. The van der Waals surface area contributed by atoms with Crippen LogP contribution in [0.25, 0.3) is 0 Å². The van der Waals surface area contributed by atoms with E-state index in [1.807, 2.05) is 0 Å². The molecule has 0 aliphatic carbocycles. The molecule has 0 radical (unpaired) electrons. The fourth-order valence-corrected chi connectivity index (χ4v) is 0.250. The van der Waals surface area contributed by atoms with Crippen LogP contribution in [0.15, 0.2) is 6.58 Å². The van der Waals surface area contributed by atoms with Gasteiger partial charge in [0.1, 0.15) is 0 Å². The van der Waals surface area contributed by atoms with E-state index in [-0.39, 0.29) is 20.4 Å². The smallest absolute Gasteiger partial charge is 0.504 e. The number of allylic oxidation sites excluding steroid dienone is 1. The molecule has 0 rings (SSSR count). The fraction of sp³-hybridized carbons (Fsp3) is 0.500. The van der Waals surface area contributed by atoms with Crippen LogP contribution in [0.1, 0.15) is 19.3 Å². The SMILES string of the molecule is C=[C-]CCC[CH2-].[Pd+2]. The maximum absolute atomic E-state index is 3.66.